The van der Waals surface area contributed by atoms with Crippen molar-refractivity contribution in [2.75, 3.05) is 113 Å². The molecule has 6 aromatic carbocycles. The Balaban J connectivity index is 0.000000118. The molecule has 17 heterocycles. The van der Waals surface area contributed by atoms with Crippen LogP contribution in [0.4, 0.5) is 72.1 Å². The van der Waals surface area contributed by atoms with Crippen molar-refractivity contribution in [3.05, 3.63) is 325 Å². The summed E-state index contributed by atoms with van der Waals surface area (Å²) in [6, 6.07) is 67.7. The smallest absolute Gasteiger partial charge is 0.306 e. The molecule has 0 radical (unpaired) electrons. The van der Waals surface area contributed by atoms with Gasteiger partial charge in [0.15, 0.2) is 0 Å². The second-order valence-corrected chi connectivity index (χ2v) is 34.0. The minimum absolute atomic E-state index is 0. The first-order chi connectivity index (χ1) is 69.3. The van der Waals surface area contributed by atoms with Crippen LogP contribution in [-0.4, -0.2) is 170 Å². The van der Waals surface area contributed by atoms with Crippen LogP contribution in [0.25, 0.3) is 110 Å². The van der Waals surface area contributed by atoms with Gasteiger partial charge >= 0.3 is 5.92 Å². The predicted molar refractivity (Wildman–Crippen MR) is 577 cm³/mol. The Labute approximate surface area is 822 Å². The van der Waals surface area contributed by atoms with Gasteiger partial charge in [0.05, 0.1) is 101 Å². The van der Waals surface area contributed by atoms with Crippen molar-refractivity contribution >= 4 is 176 Å². The van der Waals surface area contributed by atoms with E-state index in [-0.39, 0.29) is 18.9 Å². The second kappa shape index (κ2) is 45.4. The summed E-state index contributed by atoms with van der Waals surface area (Å²) in [5.41, 5.74) is 60.6. The van der Waals surface area contributed by atoms with Gasteiger partial charge in [-0.15, -0.1) is 0 Å². The molecule has 23 rings (SSSR count). The van der Waals surface area contributed by atoms with E-state index in [0.717, 1.165) is 176 Å². The molecule has 2 atom stereocenters. The van der Waals surface area contributed by atoms with Crippen LogP contribution in [0.15, 0.2) is 300 Å². The molecule has 18 aromatic rings. The van der Waals surface area contributed by atoms with Crippen LogP contribution in [0, 0.1) is 0 Å². The highest BCUT2D eigenvalue weighted by Crippen LogP contribution is 2.38. The maximum atomic E-state index is 14.4. The van der Waals surface area contributed by atoms with E-state index < -0.39 is 18.6 Å². The largest absolute Gasteiger partial charge is 0.486 e. The SMILES string of the molecule is C.C[C@H](O)CNc1cc(N)nc2cc(C3=CC=NC3)ccc12.Nc1cc(NCC(F)(F)c2ccccn2)c2ccc(C3=CC=NC3)cc2n1.Nc1cc(NC[C@H]2CCCN2)c2ccc(-c3ccn[nH]3)cc2n1.Nc1cc(NCc2ccccn2)c2ccc(C3=CC=NC3)cc2n1.Nc1cc(NCc2cccnc2)c2ccc(C3=CC=NC3)cc2n1.Nc1cc(OCc2ccn[nH]2)c2ccc(-c3ccn[nH]3)cc2n1. The molecule has 143 heavy (non-hydrogen) atoms. The van der Waals surface area contributed by atoms with Gasteiger partial charge in [-0.25, -0.2) is 29.9 Å². The van der Waals surface area contributed by atoms with Gasteiger partial charge in [0.25, 0.3) is 0 Å². The molecule has 0 bridgehead atoms. The first kappa shape index (κ1) is 96.6. The number of aliphatic hydroxyl groups excluding tert-OH is 1. The number of H-pyrrole nitrogens is 3. The number of aromatic amines is 3. The molecular weight excluding hydrogens is 1800 g/mol. The number of aliphatic imine (C=N–C) groups is 4. The fraction of sp³-hybridized carbons (Fsp3) is 0.167. The summed E-state index contributed by atoms with van der Waals surface area (Å²) in [4.78, 5) is 55.6. The van der Waals surface area contributed by atoms with Gasteiger partial charge in [-0.05, 0) is 192 Å². The first-order valence-corrected chi connectivity index (χ1v) is 46.1. The Morgan fingerprint density at radius 3 is 1.24 bits per heavy atom. The number of allylic oxidation sites excluding steroid dienone is 4. The van der Waals surface area contributed by atoms with Crippen LogP contribution >= 0.6 is 0 Å². The summed E-state index contributed by atoms with van der Waals surface area (Å²) in [7, 11) is 0. The maximum Gasteiger partial charge on any atom is 0.306 e. The van der Waals surface area contributed by atoms with Gasteiger partial charge in [-0.2, -0.15) is 24.1 Å². The van der Waals surface area contributed by atoms with E-state index in [4.69, 9.17) is 39.1 Å². The number of aliphatic hydroxyl groups is 1. The summed E-state index contributed by atoms with van der Waals surface area (Å²) in [5.74, 6) is 0.254. The summed E-state index contributed by atoms with van der Waals surface area (Å²) in [6.07, 6.45) is 29.3. The summed E-state index contributed by atoms with van der Waals surface area (Å²) >= 11 is 0. The van der Waals surface area contributed by atoms with Gasteiger partial charge in [0.2, 0.25) is 0 Å². The number of anilines is 11. The summed E-state index contributed by atoms with van der Waals surface area (Å²) in [5, 5.41) is 55.7. The molecule has 22 N–H and O–H groups in total. The van der Waals surface area contributed by atoms with Crippen molar-refractivity contribution in [2.45, 2.75) is 65.0 Å². The third-order valence-electron chi connectivity index (χ3n) is 23.8. The number of halogens is 2. The molecule has 0 amide bonds. The Bertz CT molecular complexity index is 7610. The topological polar surface area (TPSA) is 509 Å². The molecule has 0 spiro atoms. The van der Waals surface area contributed by atoms with Crippen molar-refractivity contribution in [1.29, 1.82) is 0 Å². The van der Waals surface area contributed by atoms with Crippen LogP contribution in [0.5, 0.6) is 5.75 Å². The van der Waals surface area contributed by atoms with Gasteiger partial charge in [0.1, 0.15) is 53.0 Å². The number of ether oxygens (including phenoxy) is 1. The van der Waals surface area contributed by atoms with Crippen molar-refractivity contribution in [2.24, 2.45) is 20.0 Å². The number of pyridine rings is 9. The number of aromatic nitrogens is 15. The molecule has 33 nitrogen and oxygen atoms in total. The van der Waals surface area contributed by atoms with Gasteiger partial charge in [0, 0.05) is 202 Å². The van der Waals surface area contributed by atoms with Crippen LogP contribution in [0.2, 0.25) is 0 Å². The number of benzene rings is 6. The zero-order valence-electron chi connectivity index (χ0n) is 77.4. The fourth-order valence-electron chi connectivity index (χ4n) is 16.6. The molecule has 1 fully saturated rings. The Hall–Kier alpha value is -18.1. The maximum absolute atomic E-state index is 14.4. The van der Waals surface area contributed by atoms with E-state index in [1.54, 1.807) is 74.5 Å². The van der Waals surface area contributed by atoms with Crippen LogP contribution in [0.1, 0.15) is 72.1 Å². The van der Waals surface area contributed by atoms with Gasteiger partial charge in [-0.3, -0.25) is 50.2 Å². The second-order valence-electron chi connectivity index (χ2n) is 34.0. The Morgan fingerprint density at radius 2 is 0.839 bits per heavy atom. The zero-order chi connectivity index (χ0) is 97.7. The number of nitrogens with one attached hydrogen (secondary N) is 9. The van der Waals surface area contributed by atoms with E-state index in [2.05, 4.69) is 182 Å². The Kier molecular flexibility index (Phi) is 30.7. The number of hydrogen-bond donors (Lipinski definition) is 16. The molecule has 1 saturated heterocycles. The number of alkyl halides is 2. The van der Waals surface area contributed by atoms with Crippen LogP contribution in [-0.2, 0) is 25.6 Å². The molecule has 720 valence electrons. The number of nitrogen functional groups attached to an aromatic ring is 6. The number of nitrogens with zero attached hydrogens (tertiary/aromatic N) is 16. The molecule has 35 heteroatoms. The summed E-state index contributed by atoms with van der Waals surface area (Å²) in [6.45, 7) is 8.12. The number of nitrogens with two attached hydrogens (primary N) is 6. The normalized spacial score (nSPS) is 13.9. The minimum atomic E-state index is -3.11. The zero-order valence-corrected chi connectivity index (χ0v) is 77.4. The number of fused-ring (bicyclic) bond motifs is 6. The first-order valence-electron chi connectivity index (χ1n) is 46.1. The van der Waals surface area contributed by atoms with E-state index in [1.807, 2.05) is 170 Å². The molecule has 0 saturated carbocycles. The highest BCUT2D eigenvalue weighted by Gasteiger charge is 2.33. The van der Waals surface area contributed by atoms with E-state index in [1.165, 1.54) is 41.8 Å². The van der Waals surface area contributed by atoms with Gasteiger partial charge < -0.3 is 76.1 Å². The van der Waals surface area contributed by atoms with Gasteiger partial charge in [-0.1, -0.05) is 92.4 Å². The fourth-order valence-corrected chi connectivity index (χ4v) is 16.6. The third-order valence-corrected chi connectivity index (χ3v) is 23.8. The molecule has 12 aromatic heterocycles. The van der Waals surface area contributed by atoms with E-state index >= 15 is 0 Å². The number of hydrogen-bond acceptors (Lipinski definition) is 30. The monoisotopic (exact) mass is 1910 g/mol. The highest BCUT2D eigenvalue weighted by atomic mass is 19.3. The molecule has 0 unspecified atom stereocenters. The lowest BCUT2D eigenvalue weighted by Gasteiger charge is -2.18. The van der Waals surface area contributed by atoms with Crippen molar-refractivity contribution in [3.63, 3.8) is 0 Å². The minimum Gasteiger partial charge on any atom is -0.486 e. The molecular formula is C108H107F2N31O2. The predicted octanol–water partition coefficient (Wildman–Crippen LogP) is 18.1. The highest BCUT2D eigenvalue weighted by molar-refractivity contribution is 6.02. The molecule has 0 aliphatic carbocycles. The number of rotatable bonds is 25. The quantitative estimate of drug-likeness (QED) is 0.0253. The lowest BCUT2D eigenvalue weighted by Crippen LogP contribution is -2.29. The standard InChI is InChI=1S/C20H17F2N5.2C19H17N5.C17H20N6.C16H14N6O.C16H18N4O.CH4/c21-20(22,18-3-1-2-7-25-18)12-26-16-10-19(23)27-17-9-13(4-5-15(16)17)14-6-8-24-11-14;20-19-9-17(23-11-13-2-1-6-21-10-13)16-4-3-14(8-18(16)24-19)15-5-7-22-12-15;20-19-10-17(23-12-15-3-1-2-7-22-15)16-5-4-13(9-18(16)24-19)14-6-8-21-11-14;18-17-9-15(20-10-12-2-1-6-19-12)13-4-3-11(8-16(13)22-17)14-5-7-21-23-14;17-16-8-15(23-9-11-3-5-18-21-11)12-2-1-10(7-14(12)20-16)13-4-6-19-22-13;1-10(21)8-19-14-7-16(17)20-15-6-11(2-3-13(14)15)12-4-5-18-9-12;/h1-10H,11-12H2,(H3,23,26,27);2*1-10H,11-12H2,(H3,20,23,24);3-5,7-9,12,19H,1-2,6,10H2,(H,21,23)(H3,18,20,22);1-8H,9H2,(H2,17,20)(H,18,21)(H,19,22);2-7,10,21H,8-9H2,1H3,(H3,17,19,20);1H4/t;;;12-;;10-;/m...1.0./s1. The average Bonchev–Trinajstić information content (AvgIpc) is 1.74. The lowest BCUT2D eigenvalue weighted by atomic mass is 10.0. The van der Waals surface area contributed by atoms with E-state index in [0.29, 0.717) is 91.4 Å². The lowest BCUT2D eigenvalue weighted by molar-refractivity contribution is 0.00601. The van der Waals surface area contributed by atoms with Crippen LogP contribution in [0.3, 0.4) is 0 Å². The van der Waals surface area contributed by atoms with Crippen molar-refractivity contribution in [3.8, 4) is 28.3 Å². The van der Waals surface area contributed by atoms with Crippen molar-refractivity contribution in [1.82, 2.24) is 80.8 Å². The summed E-state index contributed by atoms with van der Waals surface area (Å²) < 4.78 is 34.7. The van der Waals surface area contributed by atoms with E-state index in [9.17, 15) is 13.9 Å². The molecule has 5 aliphatic heterocycles. The van der Waals surface area contributed by atoms with Crippen molar-refractivity contribution < 1.29 is 18.6 Å². The Morgan fingerprint density at radius 1 is 0.420 bits per heavy atom. The third kappa shape index (κ3) is 24.7. The average molecular weight is 1910 g/mol. The van der Waals surface area contributed by atoms with Crippen LogP contribution < -0.4 is 71.0 Å². The molecule has 5 aliphatic rings.